The Morgan fingerprint density at radius 2 is 0.712 bits per heavy atom. The predicted octanol–water partition coefficient (Wildman–Crippen LogP) is 16.4. The summed E-state index contributed by atoms with van der Waals surface area (Å²) in [7, 11) is 0. The molecule has 2 atom stereocenters. The van der Waals surface area contributed by atoms with Crippen molar-refractivity contribution in [1.29, 1.82) is 0 Å². The van der Waals surface area contributed by atoms with E-state index < -0.39 is 24.0 Å². The van der Waals surface area contributed by atoms with E-state index in [1.54, 1.807) is 0 Å². The summed E-state index contributed by atoms with van der Waals surface area (Å²) in [5.74, 6) is -1.37. The zero-order valence-corrected chi connectivity index (χ0v) is 39.7. The minimum absolute atomic E-state index is 0.226. The van der Waals surface area contributed by atoms with Crippen molar-refractivity contribution in [3.63, 3.8) is 0 Å². The summed E-state index contributed by atoms with van der Waals surface area (Å²) < 4.78 is 11.1. The maximum atomic E-state index is 13.3. The number of aliphatic hydroxyl groups excluding tert-OH is 1. The van der Waals surface area contributed by atoms with Gasteiger partial charge in [-0.15, -0.1) is 0 Å². The van der Waals surface area contributed by atoms with Crippen molar-refractivity contribution >= 4 is 17.7 Å². The average Bonchev–Trinajstić information content (AvgIpc) is 3.23. The van der Waals surface area contributed by atoms with E-state index in [0.29, 0.717) is 19.3 Å². The van der Waals surface area contributed by atoms with Crippen LogP contribution in [0, 0.1) is 0 Å². The van der Waals surface area contributed by atoms with Gasteiger partial charge in [0.15, 0.2) is 6.10 Å². The molecule has 0 radical (unpaired) electrons. The van der Waals surface area contributed by atoms with Crippen LogP contribution in [0.2, 0.25) is 0 Å². The number of esters is 2. The molecule has 0 heterocycles. The van der Waals surface area contributed by atoms with Crippen molar-refractivity contribution in [3.05, 3.63) is 12.2 Å². The Kier molecular flexibility index (Phi) is 46.0. The van der Waals surface area contributed by atoms with Crippen LogP contribution in [0.5, 0.6) is 0 Å². The predicted molar refractivity (Wildman–Crippen MR) is 252 cm³/mol. The molecule has 0 aliphatic carbocycles. The summed E-state index contributed by atoms with van der Waals surface area (Å²) in [6.07, 6.45) is 50.4. The van der Waals surface area contributed by atoms with Crippen LogP contribution in [0.3, 0.4) is 0 Å². The van der Waals surface area contributed by atoms with Gasteiger partial charge in [0, 0.05) is 12.8 Å². The molecular formula is C53H100O6. The molecule has 6 nitrogen and oxygen atoms in total. The summed E-state index contributed by atoms with van der Waals surface area (Å²) >= 11 is 0. The maximum Gasteiger partial charge on any atom is 0.306 e. The van der Waals surface area contributed by atoms with E-state index in [1.165, 1.54) is 173 Å². The van der Waals surface area contributed by atoms with Crippen LogP contribution < -0.4 is 0 Å². The molecule has 0 aliphatic rings. The Morgan fingerprint density at radius 3 is 1.08 bits per heavy atom. The fourth-order valence-electron chi connectivity index (χ4n) is 7.97. The lowest BCUT2D eigenvalue weighted by molar-refractivity contribution is -0.166. The summed E-state index contributed by atoms with van der Waals surface area (Å²) in [6, 6.07) is 0. The number of rotatable bonds is 48. The van der Waals surface area contributed by atoms with Gasteiger partial charge in [0.25, 0.3) is 0 Å². The third kappa shape index (κ3) is 42.8. The first-order valence-corrected chi connectivity index (χ1v) is 26.2. The molecule has 0 rings (SSSR count). The molecular weight excluding hydrogens is 733 g/mol. The molecule has 0 bridgehead atoms. The number of hydrogen-bond donors (Lipinski definition) is 1. The Morgan fingerprint density at radius 1 is 0.407 bits per heavy atom. The van der Waals surface area contributed by atoms with Gasteiger partial charge >= 0.3 is 11.9 Å². The van der Waals surface area contributed by atoms with Crippen LogP contribution >= 0.6 is 0 Å². The lowest BCUT2D eigenvalue weighted by atomic mass is 10.0. The van der Waals surface area contributed by atoms with Gasteiger partial charge in [-0.25, -0.2) is 0 Å². The van der Waals surface area contributed by atoms with Crippen molar-refractivity contribution in [3.8, 4) is 0 Å². The summed E-state index contributed by atoms with van der Waals surface area (Å²) in [5.41, 5.74) is 0. The molecule has 0 aromatic rings. The molecule has 0 saturated carbocycles. The van der Waals surface area contributed by atoms with Gasteiger partial charge in [-0.3, -0.25) is 14.4 Å². The molecule has 0 fully saturated rings. The van der Waals surface area contributed by atoms with Crippen LogP contribution in [-0.4, -0.2) is 41.6 Å². The molecule has 1 N–H and O–H groups in total. The number of carbonyl (C=O) groups is 3. The van der Waals surface area contributed by atoms with Gasteiger partial charge in [-0.05, 0) is 44.9 Å². The van der Waals surface area contributed by atoms with Gasteiger partial charge in [-0.2, -0.15) is 0 Å². The third-order valence-electron chi connectivity index (χ3n) is 12.0. The van der Waals surface area contributed by atoms with Crippen molar-refractivity contribution in [2.24, 2.45) is 0 Å². The van der Waals surface area contributed by atoms with E-state index in [4.69, 9.17) is 9.47 Å². The molecule has 2 unspecified atom stereocenters. The molecule has 0 aromatic heterocycles. The minimum atomic E-state index is -1.25. The van der Waals surface area contributed by atoms with Gasteiger partial charge in [-0.1, -0.05) is 245 Å². The first-order valence-electron chi connectivity index (χ1n) is 26.2. The van der Waals surface area contributed by atoms with E-state index in [1.807, 2.05) is 0 Å². The van der Waals surface area contributed by atoms with Crippen molar-refractivity contribution in [1.82, 2.24) is 0 Å². The zero-order chi connectivity index (χ0) is 43.1. The highest BCUT2D eigenvalue weighted by atomic mass is 16.6. The number of allylic oxidation sites excluding steroid dienone is 2. The van der Waals surface area contributed by atoms with Gasteiger partial charge in [0.05, 0.1) is 0 Å². The number of hydrogen-bond acceptors (Lipinski definition) is 6. The molecule has 0 aliphatic heterocycles. The molecule has 6 heteroatoms. The van der Waals surface area contributed by atoms with E-state index >= 15 is 0 Å². The number of carbonyl (C=O) groups excluding carboxylic acids is 3. The van der Waals surface area contributed by atoms with Crippen LogP contribution in [0.1, 0.15) is 290 Å². The van der Waals surface area contributed by atoms with Gasteiger partial charge in [0.1, 0.15) is 12.7 Å². The lowest BCUT2D eigenvalue weighted by Gasteiger charge is -2.20. The van der Waals surface area contributed by atoms with E-state index in [-0.39, 0.29) is 19.0 Å². The van der Waals surface area contributed by atoms with E-state index in [2.05, 4.69) is 32.9 Å². The fraction of sp³-hybridized carbons (Fsp3) is 0.906. The number of unbranched alkanes of at least 4 members (excludes halogenated alkanes) is 35. The fourth-order valence-corrected chi connectivity index (χ4v) is 7.97. The quantitative estimate of drug-likeness (QED) is 0.0373. The third-order valence-corrected chi connectivity index (χ3v) is 12.0. The lowest BCUT2D eigenvalue weighted by Crippen LogP contribution is -2.39. The molecule has 0 saturated heterocycles. The Bertz CT molecular complexity index is 931. The monoisotopic (exact) mass is 833 g/mol. The average molecular weight is 833 g/mol. The second kappa shape index (κ2) is 47.4. The SMILES string of the molecule is CCCCCCCCC=CCCCCCCCC(=O)OC(COC(=O)CCCCCCCCCCCCCCC)C(=O)C(O)CCCCCCCCCCCCCCC. The highest BCUT2D eigenvalue weighted by Gasteiger charge is 2.30. The van der Waals surface area contributed by atoms with Crippen LogP contribution in [-0.2, 0) is 23.9 Å². The normalized spacial score (nSPS) is 12.6. The largest absolute Gasteiger partial charge is 0.461 e. The molecule has 0 amide bonds. The second-order valence-electron chi connectivity index (χ2n) is 17.9. The van der Waals surface area contributed by atoms with Gasteiger partial charge in [0.2, 0.25) is 5.78 Å². The standard InChI is InChI=1S/C53H100O6/c1-4-7-10-13-16-19-22-25-26-29-32-35-38-41-44-47-52(56)59-50(48-58-51(55)46-43-40-37-34-31-28-24-21-18-15-12-9-6-3)53(57)49(54)45-42-39-36-33-30-27-23-20-17-14-11-8-5-2/h25-26,49-50,54H,4-24,27-48H2,1-3H3. The first-order chi connectivity index (χ1) is 29.0. The van der Waals surface area contributed by atoms with Crippen LogP contribution in [0.4, 0.5) is 0 Å². The summed E-state index contributed by atoms with van der Waals surface area (Å²) in [4.78, 5) is 38.8. The first kappa shape index (κ1) is 57.3. The summed E-state index contributed by atoms with van der Waals surface area (Å²) in [6.45, 7) is 6.46. The van der Waals surface area contributed by atoms with Crippen molar-refractivity contribution in [2.75, 3.05) is 6.61 Å². The Hall–Kier alpha value is -1.69. The second-order valence-corrected chi connectivity index (χ2v) is 17.9. The number of aliphatic hydroxyl groups is 1. The van der Waals surface area contributed by atoms with E-state index in [0.717, 1.165) is 70.6 Å². The zero-order valence-electron chi connectivity index (χ0n) is 39.7. The highest BCUT2D eigenvalue weighted by Crippen LogP contribution is 2.17. The molecule has 0 spiro atoms. The number of ether oxygens (including phenoxy) is 2. The minimum Gasteiger partial charge on any atom is -0.461 e. The van der Waals surface area contributed by atoms with Crippen molar-refractivity contribution in [2.45, 2.75) is 303 Å². The number of ketones is 1. The molecule has 59 heavy (non-hydrogen) atoms. The van der Waals surface area contributed by atoms with E-state index in [9.17, 15) is 19.5 Å². The molecule has 0 aromatic carbocycles. The Balaban J connectivity index is 4.48. The number of Topliss-reactive ketones (excluding diaryl/α,β-unsaturated/α-hetero) is 1. The molecule has 348 valence electrons. The van der Waals surface area contributed by atoms with Crippen LogP contribution in [0.15, 0.2) is 12.2 Å². The van der Waals surface area contributed by atoms with Crippen LogP contribution in [0.25, 0.3) is 0 Å². The smallest absolute Gasteiger partial charge is 0.306 e. The Labute approximate surface area is 367 Å². The topological polar surface area (TPSA) is 89.9 Å². The van der Waals surface area contributed by atoms with Gasteiger partial charge < -0.3 is 14.6 Å². The summed E-state index contributed by atoms with van der Waals surface area (Å²) in [5, 5.41) is 10.8. The van der Waals surface area contributed by atoms with Crippen molar-refractivity contribution < 1.29 is 29.0 Å². The maximum absolute atomic E-state index is 13.3. The highest BCUT2D eigenvalue weighted by molar-refractivity contribution is 5.89.